The average molecular weight is 597 g/mol. The van der Waals surface area contributed by atoms with E-state index in [1.54, 1.807) is 18.2 Å². The van der Waals surface area contributed by atoms with Gasteiger partial charge in [-0.15, -0.1) is 0 Å². The van der Waals surface area contributed by atoms with Gasteiger partial charge in [-0.2, -0.15) is 0 Å². The third-order valence-corrected chi connectivity index (χ3v) is 9.35. The number of sulfonamides is 1. The Hall–Kier alpha value is -3.37. The Morgan fingerprint density at radius 3 is 2.52 bits per heavy atom. The number of hydrogen-bond donors (Lipinski definition) is 3. The van der Waals surface area contributed by atoms with Gasteiger partial charge in [0.2, 0.25) is 0 Å². The molecule has 4 rings (SSSR count). The van der Waals surface area contributed by atoms with Crippen LogP contribution in [0.3, 0.4) is 0 Å². The standard InChI is InChI=1S/C32H44N4O5S/c1-4-7-12-26-21-34-32(17-10-11-18-32)30(37)36(26)22-24-15-16-27(25(20-24)23-41-6-3)28-13-8-9-14-29(28)42(39,40)35-31(38)33-19-5-2/h8-9,13-16,20-21,34H,4-7,10-12,17-19,22-23H2,1-3H3,(H2,33,35,38). The Bertz CT molecular complexity index is 1400. The van der Waals surface area contributed by atoms with Gasteiger partial charge in [-0.3, -0.25) is 4.79 Å². The number of allylic oxidation sites excluding steroid dienone is 1. The fraction of sp³-hybridized carbons (Fsp3) is 0.500. The zero-order valence-corrected chi connectivity index (χ0v) is 25.8. The van der Waals surface area contributed by atoms with Crippen molar-refractivity contribution in [1.82, 2.24) is 20.3 Å². The van der Waals surface area contributed by atoms with Crippen LogP contribution in [-0.2, 0) is 32.7 Å². The van der Waals surface area contributed by atoms with Crippen molar-refractivity contribution >= 4 is 22.0 Å². The van der Waals surface area contributed by atoms with Crippen molar-refractivity contribution in [3.63, 3.8) is 0 Å². The van der Waals surface area contributed by atoms with Gasteiger partial charge in [-0.25, -0.2) is 17.9 Å². The first-order valence-corrected chi connectivity index (χ1v) is 16.6. The van der Waals surface area contributed by atoms with Crippen molar-refractivity contribution in [3.05, 3.63) is 65.5 Å². The van der Waals surface area contributed by atoms with E-state index in [0.29, 0.717) is 37.2 Å². The summed E-state index contributed by atoms with van der Waals surface area (Å²) in [4.78, 5) is 28.0. The minimum Gasteiger partial charge on any atom is -0.377 e. The normalized spacial score (nSPS) is 16.3. The highest BCUT2D eigenvalue weighted by atomic mass is 32.2. The Morgan fingerprint density at radius 2 is 1.81 bits per heavy atom. The number of benzene rings is 2. The lowest BCUT2D eigenvalue weighted by Crippen LogP contribution is -2.57. The minimum atomic E-state index is -4.15. The quantitative estimate of drug-likeness (QED) is 0.279. The van der Waals surface area contributed by atoms with Crippen LogP contribution in [-0.4, -0.2) is 43.9 Å². The predicted molar refractivity (Wildman–Crippen MR) is 164 cm³/mol. The molecule has 0 aromatic heterocycles. The number of carbonyl (C=O) groups is 2. The Labute approximate surface area is 250 Å². The summed E-state index contributed by atoms with van der Waals surface area (Å²) in [7, 11) is -4.15. The highest BCUT2D eigenvalue weighted by Gasteiger charge is 2.46. The molecule has 1 spiro atoms. The lowest BCUT2D eigenvalue weighted by atomic mass is 9.92. The molecule has 0 radical (unpaired) electrons. The number of carbonyl (C=O) groups excluding carboxylic acids is 2. The van der Waals surface area contributed by atoms with E-state index in [9.17, 15) is 18.0 Å². The molecule has 228 valence electrons. The first-order valence-electron chi connectivity index (χ1n) is 15.1. The van der Waals surface area contributed by atoms with E-state index in [2.05, 4.69) is 22.3 Å². The summed E-state index contributed by atoms with van der Waals surface area (Å²) >= 11 is 0. The summed E-state index contributed by atoms with van der Waals surface area (Å²) in [6.07, 6.45) is 9.33. The second-order valence-corrected chi connectivity index (χ2v) is 12.7. The Balaban J connectivity index is 1.68. The summed E-state index contributed by atoms with van der Waals surface area (Å²) < 4.78 is 34.5. The van der Waals surface area contributed by atoms with E-state index in [4.69, 9.17) is 4.74 Å². The lowest BCUT2D eigenvalue weighted by Gasteiger charge is -2.40. The molecule has 1 heterocycles. The number of hydrogen-bond acceptors (Lipinski definition) is 6. The van der Waals surface area contributed by atoms with E-state index in [1.807, 2.05) is 43.1 Å². The van der Waals surface area contributed by atoms with Crippen molar-refractivity contribution < 1.29 is 22.7 Å². The molecule has 3 amide bonds. The molecule has 0 unspecified atom stereocenters. The highest BCUT2D eigenvalue weighted by molar-refractivity contribution is 7.90. The zero-order valence-electron chi connectivity index (χ0n) is 25.0. The fourth-order valence-electron chi connectivity index (χ4n) is 5.72. The van der Waals surface area contributed by atoms with Crippen LogP contribution in [0.5, 0.6) is 0 Å². The van der Waals surface area contributed by atoms with Gasteiger partial charge in [0.15, 0.2) is 0 Å². The first kappa shape index (κ1) is 31.6. The van der Waals surface area contributed by atoms with Gasteiger partial charge in [0, 0.05) is 30.6 Å². The van der Waals surface area contributed by atoms with Crippen LogP contribution in [0.15, 0.2) is 59.3 Å². The van der Waals surface area contributed by atoms with Crippen molar-refractivity contribution in [2.75, 3.05) is 13.2 Å². The summed E-state index contributed by atoms with van der Waals surface area (Å²) in [5.74, 6) is 0.132. The molecular formula is C32H44N4O5S. The van der Waals surface area contributed by atoms with Crippen LogP contribution in [0.4, 0.5) is 4.79 Å². The third kappa shape index (κ3) is 7.15. The SMILES string of the molecule is CCCCC1=CNC2(CCCC2)C(=O)N1Cc1ccc(-c2ccccc2S(=O)(=O)NC(=O)NCCC)c(COCC)c1. The maximum atomic E-state index is 13.9. The molecule has 3 N–H and O–H groups in total. The fourth-order valence-corrected chi connectivity index (χ4v) is 6.87. The number of rotatable bonds is 13. The van der Waals surface area contributed by atoms with E-state index < -0.39 is 21.6 Å². The van der Waals surface area contributed by atoms with Crippen molar-refractivity contribution in [3.8, 4) is 11.1 Å². The second-order valence-electron chi connectivity index (χ2n) is 11.1. The maximum absolute atomic E-state index is 13.9. The molecule has 0 atom stereocenters. The summed E-state index contributed by atoms with van der Waals surface area (Å²) in [6.45, 7) is 7.51. The molecule has 2 aliphatic rings. The van der Waals surface area contributed by atoms with Crippen LogP contribution in [0.2, 0.25) is 0 Å². The molecule has 0 bridgehead atoms. The van der Waals surface area contributed by atoms with Crippen molar-refractivity contribution in [2.45, 2.75) is 95.7 Å². The number of ether oxygens (including phenoxy) is 1. The minimum absolute atomic E-state index is 0.00684. The van der Waals surface area contributed by atoms with Gasteiger partial charge in [0.05, 0.1) is 18.0 Å². The molecule has 9 nitrogen and oxygen atoms in total. The van der Waals surface area contributed by atoms with E-state index in [-0.39, 0.29) is 17.4 Å². The first-order chi connectivity index (χ1) is 20.2. The van der Waals surface area contributed by atoms with Crippen LogP contribution < -0.4 is 15.4 Å². The van der Waals surface area contributed by atoms with E-state index >= 15 is 0 Å². The number of urea groups is 1. The molecule has 1 fully saturated rings. The van der Waals surface area contributed by atoms with Gasteiger partial charge in [0.25, 0.3) is 15.9 Å². The van der Waals surface area contributed by atoms with Crippen molar-refractivity contribution in [2.24, 2.45) is 0 Å². The van der Waals surface area contributed by atoms with Crippen LogP contribution in [0, 0.1) is 0 Å². The number of unbranched alkanes of at least 4 members (excludes halogenated alkanes) is 1. The zero-order chi connectivity index (χ0) is 30.2. The van der Waals surface area contributed by atoms with Gasteiger partial charge in [-0.05, 0) is 61.8 Å². The highest BCUT2D eigenvalue weighted by Crippen LogP contribution is 2.37. The predicted octanol–water partition coefficient (Wildman–Crippen LogP) is 5.56. The van der Waals surface area contributed by atoms with E-state index in [1.165, 1.54) is 6.07 Å². The lowest BCUT2D eigenvalue weighted by molar-refractivity contribution is -0.137. The smallest absolute Gasteiger partial charge is 0.328 e. The molecule has 1 saturated carbocycles. The molecular weight excluding hydrogens is 552 g/mol. The van der Waals surface area contributed by atoms with Crippen LogP contribution in [0.1, 0.15) is 83.3 Å². The van der Waals surface area contributed by atoms with Gasteiger partial charge in [0.1, 0.15) is 5.54 Å². The summed E-state index contributed by atoms with van der Waals surface area (Å²) in [5, 5.41) is 6.02. The molecule has 0 saturated heterocycles. The molecule has 2 aromatic carbocycles. The maximum Gasteiger partial charge on any atom is 0.328 e. The molecule has 1 aliphatic carbocycles. The van der Waals surface area contributed by atoms with Crippen molar-refractivity contribution in [1.29, 1.82) is 0 Å². The number of nitrogens with zero attached hydrogens (tertiary/aromatic N) is 1. The largest absolute Gasteiger partial charge is 0.377 e. The average Bonchev–Trinajstić information content (AvgIpc) is 3.46. The Kier molecular flexibility index (Phi) is 10.7. The van der Waals surface area contributed by atoms with Gasteiger partial charge < -0.3 is 20.3 Å². The summed E-state index contributed by atoms with van der Waals surface area (Å²) in [6, 6.07) is 11.7. The van der Waals surface area contributed by atoms with E-state index in [0.717, 1.165) is 61.8 Å². The van der Waals surface area contributed by atoms with Crippen LogP contribution in [0.25, 0.3) is 11.1 Å². The Morgan fingerprint density at radius 1 is 1.05 bits per heavy atom. The molecule has 2 aromatic rings. The third-order valence-electron chi connectivity index (χ3n) is 7.96. The summed E-state index contributed by atoms with van der Waals surface area (Å²) in [5.41, 5.74) is 3.40. The van der Waals surface area contributed by atoms with Crippen LogP contribution >= 0.6 is 0 Å². The van der Waals surface area contributed by atoms with Gasteiger partial charge >= 0.3 is 6.03 Å². The second kappa shape index (κ2) is 14.2. The monoisotopic (exact) mass is 596 g/mol. The molecule has 10 heteroatoms. The molecule has 42 heavy (non-hydrogen) atoms. The topological polar surface area (TPSA) is 117 Å². The number of nitrogens with one attached hydrogen (secondary N) is 3. The molecule has 1 aliphatic heterocycles. The van der Waals surface area contributed by atoms with Gasteiger partial charge in [-0.1, -0.05) is 69.5 Å². The number of amides is 3.